The Morgan fingerprint density at radius 1 is 1.53 bits per heavy atom. The van der Waals surface area contributed by atoms with Gasteiger partial charge in [0.2, 0.25) is 15.8 Å². The van der Waals surface area contributed by atoms with Gasteiger partial charge in [0.05, 0.1) is 4.92 Å². The van der Waals surface area contributed by atoms with Crippen LogP contribution in [-0.4, -0.2) is 19.9 Å². The van der Waals surface area contributed by atoms with Crippen molar-refractivity contribution in [3.05, 3.63) is 28.1 Å². The van der Waals surface area contributed by atoms with Gasteiger partial charge < -0.3 is 4.74 Å². The van der Waals surface area contributed by atoms with Gasteiger partial charge in [0.15, 0.2) is 0 Å². The molecule has 0 unspecified atom stereocenters. The first-order chi connectivity index (χ1) is 8.77. The predicted molar refractivity (Wildman–Crippen MR) is 63.4 cm³/mol. The Morgan fingerprint density at radius 3 is 2.63 bits per heavy atom. The van der Waals surface area contributed by atoms with Gasteiger partial charge in [-0.25, -0.2) is 17.9 Å². The van der Waals surface area contributed by atoms with Gasteiger partial charge in [0.1, 0.15) is 17.3 Å². The molecule has 0 heterocycles. The first kappa shape index (κ1) is 14.9. The van der Waals surface area contributed by atoms with Gasteiger partial charge in [-0.15, -0.1) is 5.92 Å². The van der Waals surface area contributed by atoms with Crippen molar-refractivity contribution >= 4 is 15.7 Å². The number of nitro groups is 1. The van der Waals surface area contributed by atoms with Gasteiger partial charge >= 0.3 is 5.69 Å². The summed E-state index contributed by atoms with van der Waals surface area (Å²) in [6.07, 6.45) is 0. The van der Waals surface area contributed by atoms with E-state index < -0.39 is 37.1 Å². The average molecular weight is 288 g/mol. The van der Waals surface area contributed by atoms with Gasteiger partial charge in [-0.2, -0.15) is 0 Å². The molecule has 0 aliphatic carbocycles. The van der Waals surface area contributed by atoms with Crippen LogP contribution in [0.3, 0.4) is 0 Å². The number of primary sulfonamides is 1. The minimum atomic E-state index is -4.39. The molecule has 0 fully saturated rings. The fourth-order valence-electron chi connectivity index (χ4n) is 1.19. The summed E-state index contributed by atoms with van der Waals surface area (Å²) < 4.78 is 40.5. The number of halogens is 1. The molecule has 19 heavy (non-hydrogen) atoms. The van der Waals surface area contributed by atoms with Gasteiger partial charge in [-0.1, -0.05) is 5.92 Å². The number of hydrogen-bond acceptors (Lipinski definition) is 5. The van der Waals surface area contributed by atoms with E-state index in [1.165, 1.54) is 6.92 Å². The number of ether oxygens (including phenoxy) is 1. The highest BCUT2D eigenvalue weighted by Crippen LogP contribution is 2.31. The molecule has 102 valence electrons. The van der Waals surface area contributed by atoms with E-state index in [4.69, 9.17) is 9.88 Å². The molecule has 0 bridgehead atoms. The van der Waals surface area contributed by atoms with Crippen molar-refractivity contribution in [2.24, 2.45) is 5.14 Å². The summed E-state index contributed by atoms with van der Waals surface area (Å²) in [5.41, 5.74) is -0.705. The van der Waals surface area contributed by atoms with Gasteiger partial charge in [0.25, 0.3) is 0 Å². The molecule has 0 atom stereocenters. The Bertz CT molecular complexity index is 675. The molecular formula is C10H9FN2O5S. The lowest BCUT2D eigenvalue weighted by molar-refractivity contribution is -0.386. The van der Waals surface area contributed by atoms with Crippen LogP contribution in [0, 0.1) is 27.8 Å². The number of hydrogen-bond donors (Lipinski definition) is 1. The first-order valence-electron chi connectivity index (χ1n) is 4.80. The standard InChI is InChI=1S/C10H9FN2O5S/c1-2-3-4-18-9-5-7(11)10(19(12,16)17)6-8(9)13(14)15/h5-6H,4H2,1H3,(H2,12,16,17). The van der Waals surface area contributed by atoms with E-state index in [0.717, 1.165) is 0 Å². The van der Waals surface area contributed by atoms with Crippen LogP contribution in [0.5, 0.6) is 5.75 Å². The summed E-state index contributed by atoms with van der Waals surface area (Å²) in [5.74, 6) is 3.30. The lowest BCUT2D eigenvalue weighted by Crippen LogP contribution is -2.15. The Balaban J connectivity index is 3.36. The smallest absolute Gasteiger partial charge is 0.312 e. The Kier molecular flexibility index (Phi) is 4.42. The van der Waals surface area contributed by atoms with Crippen molar-refractivity contribution in [3.63, 3.8) is 0 Å². The zero-order valence-corrected chi connectivity index (χ0v) is 10.5. The molecule has 0 aliphatic heterocycles. The van der Waals surface area contributed by atoms with Crippen LogP contribution in [0.25, 0.3) is 0 Å². The number of benzene rings is 1. The molecule has 0 aliphatic rings. The number of nitrogens with zero attached hydrogens (tertiary/aromatic N) is 1. The molecule has 0 saturated carbocycles. The van der Waals surface area contributed by atoms with Gasteiger partial charge in [-0.05, 0) is 6.92 Å². The molecule has 2 N–H and O–H groups in total. The maximum atomic E-state index is 13.5. The van der Waals surface area contributed by atoms with E-state index in [0.29, 0.717) is 12.1 Å². The maximum Gasteiger partial charge on any atom is 0.312 e. The molecule has 0 saturated heterocycles. The van der Waals surface area contributed by atoms with Crippen molar-refractivity contribution in [1.29, 1.82) is 0 Å². The molecule has 1 aromatic carbocycles. The van der Waals surface area contributed by atoms with E-state index in [9.17, 15) is 22.9 Å². The van der Waals surface area contributed by atoms with Crippen LogP contribution < -0.4 is 9.88 Å². The van der Waals surface area contributed by atoms with Gasteiger partial charge in [0, 0.05) is 12.1 Å². The number of nitro benzene ring substituents is 1. The summed E-state index contributed by atoms with van der Waals surface area (Å²) in [5, 5.41) is 15.5. The van der Waals surface area contributed by atoms with Crippen molar-refractivity contribution in [2.45, 2.75) is 11.8 Å². The Morgan fingerprint density at radius 2 is 2.16 bits per heavy atom. The minimum absolute atomic E-state index is 0.189. The number of sulfonamides is 1. The topological polar surface area (TPSA) is 113 Å². The second-order valence-electron chi connectivity index (χ2n) is 3.27. The van der Waals surface area contributed by atoms with Crippen molar-refractivity contribution in [1.82, 2.24) is 0 Å². The lowest BCUT2D eigenvalue weighted by atomic mass is 10.3. The summed E-state index contributed by atoms with van der Waals surface area (Å²) >= 11 is 0. The van der Waals surface area contributed by atoms with E-state index in [1.807, 2.05) is 0 Å². The molecular weight excluding hydrogens is 279 g/mol. The zero-order chi connectivity index (χ0) is 14.6. The Hall–Kier alpha value is -2.18. The summed E-state index contributed by atoms with van der Waals surface area (Å²) in [7, 11) is -4.39. The Labute approximate surface area is 108 Å². The van der Waals surface area contributed by atoms with Crippen LogP contribution in [0.4, 0.5) is 10.1 Å². The highest BCUT2D eigenvalue weighted by molar-refractivity contribution is 7.89. The van der Waals surface area contributed by atoms with Gasteiger partial charge in [-0.3, -0.25) is 10.1 Å². The quantitative estimate of drug-likeness (QED) is 0.500. The molecule has 7 nitrogen and oxygen atoms in total. The highest BCUT2D eigenvalue weighted by Gasteiger charge is 2.24. The van der Waals surface area contributed by atoms with Crippen molar-refractivity contribution < 1.29 is 22.5 Å². The zero-order valence-electron chi connectivity index (χ0n) is 9.71. The van der Waals surface area contributed by atoms with Crippen LogP contribution in [0.2, 0.25) is 0 Å². The lowest BCUT2D eigenvalue weighted by Gasteiger charge is -2.06. The highest BCUT2D eigenvalue weighted by atomic mass is 32.2. The SMILES string of the molecule is CC#CCOc1cc(F)c(S(N)(=O)=O)cc1[N+](=O)[O-]. The third-order valence-electron chi connectivity index (χ3n) is 1.99. The average Bonchev–Trinajstić information content (AvgIpc) is 2.27. The van der Waals surface area contributed by atoms with Crippen LogP contribution >= 0.6 is 0 Å². The van der Waals surface area contributed by atoms with E-state index >= 15 is 0 Å². The van der Waals surface area contributed by atoms with Crippen molar-refractivity contribution in [2.75, 3.05) is 6.61 Å². The minimum Gasteiger partial charge on any atom is -0.474 e. The predicted octanol–water partition coefficient (Wildman–Crippen LogP) is 0.783. The van der Waals surface area contributed by atoms with Crippen LogP contribution in [-0.2, 0) is 10.0 Å². The molecule has 0 spiro atoms. The molecule has 1 rings (SSSR count). The first-order valence-corrected chi connectivity index (χ1v) is 6.35. The van der Waals surface area contributed by atoms with Crippen LogP contribution in [0.1, 0.15) is 6.92 Å². The largest absolute Gasteiger partial charge is 0.474 e. The van der Waals surface area contributed by atoms with Crippen molar-refractivity contribution in [3.8, 4) is 17.6 Å². The fourth-order valence-corrected chi connectivity index (χ4v) is 1.79. The second kappa shape index (κ2) is 5.64. The van der Waals surface area contributed by atoms with E-state index in [1.54, 1.807) is 0 Å². The van der Waals surface area contributed by atoms with E-state index in [2.05, 4.69) is 11.8 Å². The third-order valence-corrected chi connectivity index (χ3v) is 2.92. The third kappa shape index (κ3) is 3.64. The summed E-state index contributed by atoms with van der Waals surface area (Å²) in [4.78, 5) is 8.91. The molecule has 9 heteroatoms. The molecule has 1 aromatic rings. The normalized spacial score (nSPS) is 10.5. The molecule has 0 radical (unpaired) electrons. The maximum absolute atomic E-state index is 13.5. The summed E-state index contributed by atoms with van der Waals surface area (Å²) in [6.45, 7) is 1.34. The summed E-state index contributed by atoms with van der Waals surface area (Å²) in [6, 6.07) is 1.11. The van der Waals surface area contributed by atoms with Crippen LogP contribution in [0.15, 0.2) is 17.0 Å². The fraction of sp³-hybridized carbons (Fsp3) is 0.200. The number of rotatable bonds is 4. The monoisotopic (exact) mass is 288 g/mol. The molecule has 0 amide bonds. The van der Waals surface area contributed by atoms with E-state index in [-0.39, 0.29) is 6.61 Å². The second-order valence-corrected chi connectivity index (χ2v) is 4.80. The molecule has 0 aromatic heterocycles. The number of nitrogens with two attached hydrogens (primary N) is 1.